The highest BCUT2D eigenvalue weighted by molar-refractivity contribution is 8.00. The normalized spacial score (nSPS) is 14.1. The third kappa shape index (κ3) is 6.01. The van der Waals surface area contributed by atoms with Crippen LogP contribution in [-0.2, 0) is 0 Å². The maximum absolute atomic E-state index is 6.17. The Morgan fingerprint density at radius 2 is 0.900 bits per heavy atom. The molecule has 1 atom stereocenters. The van der Waals surface area contributed by atoms with Crippen molar-refractivity contribution in [1.29, 1.82) is 0 Å². The van der Waals surface area contributed by atoms with Crippen LogP contribution in [0.2, 0.25) is 0 Å². The molecule has 0 aliphatic carbocycles. The van der Waals surface area contributed by atoms with Crippen LogP contribution in [0.5, 0.6) is 0 Å². The first-order chi connectivity index (χ1) is 24.6. The average Bonchev–Trinajstić information content (AvgIpc) is 3.17. The highest BCUT2D eigenvalue weighted by Gasteiger charge is 2.26. The quantitative estimate of drug-likeness (QED) is 0.0882. The summed E-state index contributed by atoms with van der Waals surface area (Å²) in [5, 5.41) is 3.72. The van der Waals surface area contributed by atoms with E-state index in [9.17, 15) is 0 Å². The molecule has 0 saturated carbocycles. The molecule has 6 aromatic carbocycles. The topological polar surface area (TPSA) is 68.6 Å². The van der Waals surface area contributed by atoms with Crippen molar-refractivity contribution in [2.45, 2.75) is 32.5 Å². The summed E-state index contributed by atoms with van der Waals surface area (Å²) in [5.74, 6) is 0. The zero-order chi connectivity index (χ0) is 34.0. The van der Waals surface area contributed by atoms with Gasteiger partial charge in [0.05, 0.1) is 34.1 Å². The minimum atomic E-state index is 0.0503. The van der Waals surface area contributed by atoms with E-state index in [1.54, 1.807) is 0 Å². The van der Waals surface area contributed by atoms with Gasteiger partial charge in [-0.15, -0.1) is 0 Å². The van der Waals surface area contributed by atoms with Crippen molar-refractivity contribution in [3.05, 3.63) is 157 Å². The van der Waals surface area contributed by atoms with Gasteiger partial charge >= 0.3 is 0 Å². The Balaban J connectivity index is 1.19. The van der Waals surface area contributed by atoms with E-state index in [1.807, 2.05) is 30.6 Å². The fourth-order valence-electron chi connectivity index (χ4n) is 6.53. The molecule has 2 aliphatic rings. The lowest BCUT2D eigenvalue weighted by Crippen LogP contribution is -2.35. The molecule has 1 unspecified atom stereocenters. The number of benzene rings is 6. The van der Waals surface area contributed by atoms with Crippen LogP contribution in [-0.4, -0.2) is 19.6 Å². The standard InChI is InChI=1S/C42H38N6S2/c1-28(27-43)45-41(29-19-23-31(24-20-29)47-33-11-3-7-15-37(33)49-38-16-8-4-12-34(38)47)42(46-44-2)30-21-25-32(26-22-30)48-35-13-5-9-17-39(35)50-40-18-10-6-14-36(40)48/h3-26,28,44-46H,27,43H2,1-2H3/b42-41-. The van der Waals surface area contributed by atoms with E-state index in [4.69, 9.17) is 5.73 Å². The van der Waals surface area contributed by atoms with Crippen molar-refractivity contribution < 1.29 is 0 Å². The van der Waals surface area contributed by atoms with Gasteiger partial charge in [0, 0.05) is 56.2 Å². The largest absolute Gasteiger partial charge is 0.379 e. The van der Waals surface area contributed by atoms with Gasteiger partial charge in [-0.25, -0.2) is 5.43 Å². The molecule has 0 radical (unpaired) electrons. The lowest BCUT2D eigenvalue weighted by Gasteiger charge is -2.33. The summed E-state index contributed by atoms with van der Waals surface area (Å²) in [6.45, 7) is 2.61. The molecule has 0 spiro atoms. The first-order valence-electron chi connectivity index (χ1n) is 16.8. The summed E-state index contributed by atoms with van der Waals surface area (Å²) in [6.07, 6.45) is 0. The summed E-state index contributed by atoms with van der Waals surface area (Å²) < 4.78 is 0. The molecule has 0 saturated heterocycles. The number of nitrogens with one attached hydrogen (secondary N) is 3. The number of fused-ring (bicyclic) bond motifs is 4. The second-order valence-corrected chi connectivity index (χ2v) is 14.4. The molecule has 0 bridgehead atoms. The third-order valence-corrected chi connectivity index (χ3v) is 11.2. The molecular weight excluding hydrogens is 653 g/mol. The summed E-state index contributed by atoms with van der Waals surface area (Å²) >= 11 is 3.64. The lowest BCUT2D eigenvalue weighted by atomic mass is 10.0. The third-order valence-electron chi connectivity index (χ3n) is 8.94. The van der Waals surface area contributed by atoms with E-state index in [1.165, 1.54) is 42.3 Å². The minimum absolute atomic E-state index is 0.0503. The summed E-state index contributed by atoms with van der Waals surface area (Å²) in [4.78, 5) is 9.68. The van der Waals surface area contributed by atoms with E-state index >= 15 is 0 Å². The van der Waals surface area contributed by atoms with Gasteiger partial charge in [-0.2, -0.15) is 0 Å². The zero-order valence-electron chi connectivity index (χ0n) is 27.9. The predicted molar refractivity (Wildman–Crippen MR) is 211 cm³/mol. The van der Waals surface area contributed by atoms with Crippen LogP contribution in [0.15, 0.2) is 165 Å². The van der Waals surface area contributed by atoms with Crippen LogP contribution in [0.25, 0.3) is 11.4 Å². The van der Waals surface area contributed by atoms with Gasteiger partial charge < -0.3 is 26.3 Å². The summed E-state index contributed by atoms with van der Waals surface area (Å²) in [5.41, 5.74) is 23.8. The number of hydrogen-bond donors (Lipinski definition) is 4. The first-order valence-corrected chi connectivity index (χ1v) is 18.4. The van der Waals surface area contributed by atoms with E-state index in [0.717, 1.165) is 33.9 Å². The molecule has 6 nitrogen and oxygen atoms in total. The molecule has 0 aromatic heterocycles. The number of anilines is 6. The van der Waals surface area contributed by atoms with Crippen LogP contribution in [0.1, 0.15) is 18.1 Å². The average molecular weight is 691 g/mol. The number of rotatable bonds is 9. The maximum atomic E-state index is 6.17. The second-order valence-electron chi connectivity index (χ2n) is 12.2. The van der Waals surface area contributed by atoms with Crippen molar-refractivity contribution in [3.63, 3.8) is 0 Å². The number of hydrogen-bond acceptors (Lipinski definition) is 8. The van der Waals surface area contributed by atoms with Gasteiger partial charge in [0.1, 0.15) is 0 Å². The monoisotopic (exact) mass is 690 g/mol. The highest BCUT2D eigenvalue weighted by atomic mass is 32.2. The molecule has 2 heterocycles. The Morgan fingerprint density at radius 1 is 0.540 bits per heavy atom. The molecule has 248 valence electrons. The Kier molecular flexibility index (Phi) is 9.00. The smallest absolute Gasteiger partial charge is 0.0799 e. The van der Waals surface area contributed by atoms with Crippen molar-refractivity contribution in [2.24, 2.45) is 5.73 Å². The molecule has 50 heavy (non-hydrogen) atoms. The fourth-order valence-corrected chi connectivity index (χ4v) is 8.64. The molecule has 0 amide bonds. The molecule has 8 rings (SSSR count). The number of nitrogens with zero attached hydrogens (tertiary/aromatic N) is 2. The van der Waals surface area contributed by atoms with Crippen molar-refractivity contribution in [2.75, 3.05) is 23.4 Å². The Morgan fingerprint density at radius 3 is 1.26 bits per heavy atom. The molecule has 8 heteroatoms. The first kappa shape index (κ1) is 32.1. The van der Waals surface area contributed by atoms with E-state index in [-0.39, 0.29) is 6.04 Å². The van der Waals surface area contributed by atoms with Gasteiger partial charge in [-0.3, -0.25) is 0 Å². The van der Waals surface area contributed by atoms with Gasteiger partial charge in [-0.05, 0) is 85.3 Å². The molecule has 0 fully saturated rings. The number of para-hydroxylation sites is 4. The van der Waals surface area contributed by atoms with Gasteiger partial charge in [0.25, 0.3) is 0 Å². The molecule has 2 aliphatic heterocycles. The van der Waals surface area contributed by atoms with Crippen LogP contribution in [0.3, 0.4) is 0 Å². The molecule has 6 aromatic rings. The van der Waals surface area contributed by atoms with E-state index in [2.05, 4.69) is 178 Å². The van der Waals surface area contributed by atoms with Crippen LogP contribution < -0.4 is 31.7 Å². The Labute approximate surface area is 302 Å². The fraction of sp³-hybridized carbons (Fsp3) is 0.0952. The van der Waals surface area contributed by atoms with Crippen LogP contribution in [0.4, 0.5) is 34.1 Å². The van der Waals surface area contributed by atoms with Gasteiger partial charge in [0.15, 0.2) is 0 Å². The van der Waals surface area contributed by atoms with Crippen molar-refractivity contribution in [3.8, 4) is 0 Å². The SMILES string of the molecule is CNN/C(=C(\NC(C)CN)c1ccc(N2c3ccccc3Sc3ccccc32)cc1)c1ccc(N2c3ccccc3Sc3ccccc32)cc1. The predicted octanol–water partition coefficient (Wildman–Crippen LogP) is 10.0. The highest BCUT2D eigenvalue weighted by Crippen LogP contribution is 2.52. The van der Waals surface area contributed by atoms with Crippen molar-refractivity contribution >= 4 is 69.0 Å². The minimum Gasteiger partial charge on any atom is -0.379 e. The lowest BCUT2D eigenvalue weighted by molar-refractivity contribution is 0.657. The summed E-state index contributed by atoms with van der Waals surface area (Å²) in [6, 6.07) is 52.0. The van der Waals surface area contributed by atoms with E-state index < -0.39 is 0 Å². The summed E-state index contributed by atoms with van der Waals surface area (Å²) in [7, 11) is 1.89. The Hall–Kier alpha value is -5.12. The Bertz CT molecular complexity index is 2090. The van der Waals surface area contributed by atoms with E-state index in [0.29, 0.717) is 6.54 Å². The molecular formula is C42H38N6S2. The second kappa shape index (κ2) is 14.0. The van der Waals surface area contributed by atoms with Crippen LogP contribution >= 0.6 is 23.5 Å². The molecule has 5 N–H and O–H groups in total. The van der Waals surface area contributed by atoms with Crippen LogP contribution in [0, 0.1) is 0 Å². The van der Waals surface area contributed by atoms with Crippen molar-refractivity contribution in [1.82, 2.24) is 16.2 Å². The maximum Gasteiger partial charge on any atom is 0.0799 e. The number of nitrogens with two attached hydrogens (primary N) is 1. The van der Waals surface area contributed by atoms with Gasteiger partial charge in [-0.1, -0.05) is 96.3 Å². The van der Waals surface area contributed by atoms with Gasteiger partial charge in [0.2, 0.25) is 0 Å². The number of hydrazine groups is 1. The zero-order valence-corrected chi connectivity index (χ0v) is 29.6.